The van der Waals surface area contributed by atoms with Crippen molar-refractivity contribution < 1.29 is 18.0 Å². The first-order valence-electron chi connectivity index (χ1n) is 7.10. The third-order valence-corrected chi connectivity index (χ3v) is 3.66. The SMILES string of the molecule is Cc1cc(N2CCNC(=O)C[C@H]2C)n2nc(C(F)(F)F)nc2n1. The van der Waals surface area contributed by atoms with Crippen molar-refractivity contribution in [1.29, 1.82) is 0 Å². The minimum atomic E-state index is -4.64. The molecule has 1 atom stereocenters. The molecule has 7 nitrogen and oxygen atoms in total. The van der Waals surface area contributed by atoms with E-state index < -0.39 is 12.0 Å². The van der Waals surface area contributed by atoms with E-state index in [-0.39, 0.29) is 24.1 Å². The molecule has 0 saturated carbocycles. The van der Waals surface area contributed by atoms with Crippen molar-refractivity contribution in [2.75, 3.05) is 18.0 Å². The number of amides is 1. The quantitative estimate of drug-likeness (QED) is 0.850. The van der Waals surface area contributed by atoms with E-state index >= 15 is 0 Å². The Kier molecular flexibility index (Phi) is 3.61. The van der Waals surface area contributed by atoms with E-state index in [0.29, 0.717) is 24.6 Å². The maximum Gasteiger partial charge on any atom is 0.453 e. The number of carbonyl (C=O) groups is 1. The molecule has 2 aromatic rings. The molecule has 1 N–H and O–H groups in total. The number of fused-ring (bicyclic) bond motifs is 1. The molecule has 0 bridgehead atoms. The molecule has 2 aromatic heterocycles. The lowest BCUT2D eigenvalue weighted by atomic mass is 10.2. The molecule has 23 heavy (non-hydrogen) atoms. The second kappa shape index (κ2) is 5.36. The third kappa shape index (κ3) is 2.92. The van der Waals surface area contributed by atoms with Crippen molar-refractivity contribution in [3.05, 3.63) is 17.6 Å². The Morgan fingerprint density at radius 1 is 1.35 bits per heavy atom. The molecule has 1 aliphatic rings. The zero-order valence-electron chi connectivity index (χ0n) is 12.6. The summed E-state index contributed by atoms with van der Waals surface area (Å²) in [6.45, 7) is 4.39. The highest BCUT2D eigenvalue weighted by molar-refractivity contribution is 5.77. The summed E-state index contributed by atoms with van der Waals surface area (Å²) in [5.41, 5.74) is 0.532. The van der Waals surface area contributed by atoms with Gasteiger partial charge in [0.25, 0.3) is 11.6 Å². The molecular weight excluding hydrogens is 313 g/mol. The average molecular weight is 328 g/mol. The van der Waals surface area contributed by atoms with Gasteiger partial charge in [0.15, 0.2) is 0 Å². The van der Waals surface area contributed by atoms with E-state index in [4.69, 9.17) is 0 Å². The van der Waals surface area contributed by atoms with Gasteiger partial charge in [-0.1, -0.05) is 0 Å². The molecule has 0 radical (unpaired) electrons. The number of halogens is 3. The Bertz CT molecular complexity index is 756. The highest BCUT2D eigenvalue weighted by Crippen LogP contribution is 2.28. The Morgan fingerprint density at radius 2 is 2.09 bits per heavy atom. The summed E-state index contributed by atoms with van der Waals surface area (Å²) >= 11 is 0. The van der Waals surface area contributed by atoms with E-state index in [9.17, 15) is 18.0 Å². The van der Waals surface area contributed by atoms with E-state index in [1.807, 2.05) is 11.8 Å². The molecule has 124 valence electrons. The van der Waals surface area contributed by atoms with Crippen LogP contribution in [0.4, 0.5) is 19.0 Å². The molecule has 1 saturated heterocycles. The lowest BCUT2D eigenvalue weighted by Gasteiger charge is -2.28. The number of carbonyl (C=O) groups excluding carboxylic acids is 1. The second-order valence-corrected chi connectivity index (χ2v) is 5.50. The van der Waals surface area contributed by atoms with Gasteiger partial charge in [-0.05, 0) is 13.8 Å². The van der Waals surface area contributed by atoms with Gasteiger partial charge in [0.1, 0.15) is 5.82 Å². The van der Waals surface area contributed by atoms with Crippen molar-refractivity contribution in [3.63, 3.8) is 0 Å². The van der Waals surface area contributed by atoms with Crippen LogP contribution in [0.5, 0.6) is 0 Å². The molecule has 0 spiro atoms. The Labute approximate surface area is 129 Å². The van der Waals surface area contributed by atoms with Crippen LogP contribution in [-0.4, -0.2) is 44.6 Å². The Morgan fingerprint density at radius 3 is 2.78 bits per heavy atom. The number of hydrogen-bond acceptors (Lipinski definition) is 5. The van der Waals surface area contributed by atoms with E-state index in [1.54, 1.807) is 13.0 Å². The zero-order valence-corrected chi connectivity index (χ0v) is 12.6. The lowest BCUT2D eigenvalue weighted by Crippen LogP contribution is -2.36. The maximum absolute atomic E-state index is 12.9. The monoisotopic (exact) mass is 328 g/mol. The Hall–Kier alpha value is -2.39. The van der Waals surface area contributed by atoms with Crippen LogP contribution in [0.15, 0.2) is 6.07 Å². The van der Waals surface area contributed by atoms with Gasteiger partial charge in [-0.3, -0.25) is 4.79 Å². The van der Waals surface area contributed by atoms with Crippen LogP contribution in [0, 0.1) is 6.92 Å². The molecule has 0 aliphatic carbocycles. The predicted octanol–water partition coefficient (Wildman–Crippen LogP) is 1.17. The van der Waals surface area contributed by atoms with Gasteiger partial charge >= 0.3 is 6.18 Å². The van der Waals surface area contributed by atoms with Crippen LogP contribution in [0.25, 0.3) is 5.78 Å². The van der Waals surface area contributed by atoms with Crippen molar-refractivity contribution in [2.24, 2.45) is 0 Å². The lowest BCUT2D eigenvalue weighted by molar-refractivity contribution is -0.144. The molecule has 3 heterocycles. The van der Waals surface area contributed by atoms with Gasteiger partial charge in [-0.2, -0.15) is 22.7 Å². The first-order chi connectivity index (χ1) is 10.8. The molecule has 1 amide bonds. The fourth-order valence-electron chi connectivity index (χ4n) is 2.62. The van der Waals surface area contributed by atoms with E-state index in [0.717, 1.165) is 4.52 Å². The number of alkyl halides is 3. The minimum Gasteiger partial charge on any atom is -0.354 e. The van der Waals surface area contributed by atoms with Gasteiger partial charge in [0.2, 0.25) is 5.91 Å². The summed E-state index contributed by atoms with van der Waals surface area (Å²) in [5, 5.41) is 6.30. The summed E-state index contributed by atoms with van der Waals surface area (Å²) in [6, 6.07) is 1.47. The minimum absolute atomic E-state index is 0.0865. The number of hydrogen-bond donors (Lipinski definition) is 1. The average Bonchev–Trinajstić information content (AvgIpc) is 2.79. The third-order valence-electron chi connectivity index (χ3n) is 3.66. The largest absolute Gasteiger partial charge is 0.453 e. The summed E-state index contributed by atoms with van der Waals surface area (Å²) in [6.07, 6.45) is -4.38. The highest BCUT2D eigenvalue weighted by Gasteiger charge is 2.37. The fourth-order valence-corrected chi connectivity index (χ4v) is 2.62. The summed E-state index contributed by atoms with van der Waals surface area (Å²) in [4.78, 5) is 20.9. The normalized spacial score (nSPS) is 19.8. The van der Waals surface area contributed by atoms with Crippen LogP contribution >= 0.6 is 0 Å². The molecule has 3 rings (SSSR count). The van der Waals surface area contributed by atoms with Gasteiger partial charge in [0.05, 0.1) is 0 Å². The van der Waals surface area contributed by atoms with Crippen LogP contribution < -0.4 is 10.2 Å². The summed E-state index contributed by atoms with van der Waals surface area (Å²) < 4.78 is 39.7. The first-order valence-corrected chi connectivity index (χ1v) is 7.10. The molecular formula is C13H15F3N6O. The van der Waals surface area contributed by atoms with Crippen molar-refractivity contribution >= 4 is 17.5 Å². The molecule has 0 unspecified atom stereocenters. The first kappa shape index (κ1) is 15.5. The second-order valence-electron chi connectivity index (χ2n) is 5.50. The van der Waals surface area contributed by atoms with Crippen LogP contribution in [0.3, 0.4) is 0 Å². The van der Waals surface area contributed by atoms with Gasteiger partial charge in [0, 0.05) is 37.3 Å². The number of anilines is 1. The van der Waals surface area contributed by atoms with Gasteiger partial charge < -0.3 is 10.2 Å². The van der Waals surface area contributed by atoms with Crippen LogP contribution in [0.2, 0.25) is 0 Å². The predicted molar refractivity (Wildman–Crippen MR) is 75.0 cm³/mol. The number of nitrogens with one attached hydrogen (secondary N) is 1. The molecule has 10 heteroatoms. The van der Waals surface area contributed by atoms with Crippen molar-refractivity contribution in [3.8, 4) is 0 Å². The standard InChI is InChI=1S/C13H15F3N6O/c1-7-5-10(21-4-3-17-9(23)6-8(21)2)22-12(18-7)19-11(20-22)13(14,15)16/h5,8H,3-4,6H2,1-2H3,(H,17,23)/t8-/m1/s1. The van der Waals surface area contributed by atoms with Gasteiger partial charge in [-0.25, -0.2) is 4.98 Å². The summed E-state index contributed by atoms with van der Waals surface area (Å²) in [7, 11) is 0. The highest BCUT2D eigenvalue weighted by atomic mass is 19.4. The van der Waals surface area contributed by atoms with Gasteiger partial charge in [-0.15, -0.1) is 5.10 Å². The van der Waals surface area contributed by atoms with Crippen LogP contribution in [0.1, 0.15) is 24.9 Å². The zero-order chi connectivity index (χ0) is 16.8. The van der Waals surface area contributed by atoms with Crippen LogP contribution in [-0.2, 0) is 11.0 Å². The van der Waals surface area contributed by atoms with E-state index in [1.165, 1.54) is 0 Å². The molecule has 0 aromatic carbocycles. The number of aryl methyl sites for hydroxylation is 1. The maximum atomic E-state index is 12.9. The molecule has 1 fully saturated rings. The smallest absolute Gasteiger partial charge is 0.354 e. The number of rotatable bonds is 1. The summed E-state index contributed by atoms with van der Waals surface area (Å²) in [5.74, 6) is -0.979. The van der Waals surface area contributed by atoms with Crippen molar-refractivity contribution in [1.82, 2.24) is 24.9 Å². The fraction of sp³-hybridized carbons (Fsp3) is 0.538. The number of nitrogens with zero attached hydrogens (tertiary/aromatic N) is 5. The molecule has 1 aliphatic heterocycles. The topological polar surface area (TPSA) is 75.4 Å². The Balaban J connectivity index is 2.12. The van der Waals surface area contributed by atoms with Crippen molar-refractivity contribution in [2.45, 2.75) is 32.5 Å². The number of aromatic nitrogens is 4. The van der Waals surface area contributed by atoms with E-state index in [2.05, 4.69) is 20.4 Å².